The fraction of sp³-hybridized carbons (Fsp3) is 0.500. The normalized spacial score (nSPS) is 11.0. The average molecular weight is 176 g/mol. The van der Waals surface area contributed by atoms with Crippen molar-refractivity contribution in [1.29, 1.82) is 0 Å². The van der Waals surface area contributed by atoms with Gasteiger partial charge < -0.3 is 5.73 Å². The topological polar surface area (TPSA) is 38.0 Å². The van der Waals surface area contributed by atoms with Gasteiger partial charge in [-0.1, -0.05) is 0 Å². The zero-order valence-electron chi connectivity index (χ0n) is 4.03. The number of alkyl halides is 3. The number of nitrogens with one attached hydrogen (secondary N) is 1. The number of hydrogen-bond acceptors (Lipinski definition) is 2. The van der Waals surface area contributed by atoms with Crippen LogP contribution in [0.15, 0.2) is 0 Å². The van der Waals surface area contributed by atoms with Gasteiger partial charge in [-0.3, -0.25) is 4.72 Å². The van der Waals surface area contributed by atoms with E-state index in [9.17, 15) is 13.2 Å². The van der Waals surface area contributed by atoms with Crippen molar-refractivity contribution in [3.05, 3.63) is 0 Å². The van der Waals surface area contributed by atoms with Gasteiger partial charge in [-0.25, -0.2) is 0 Å². The van der Waals surface area contributed by atoms with Gasteiger partial charge in [0.05, 0.1) is 11.9 Å². The van der Waals surface area contributed by atoms with Crippen molar-refractivity contribution in [2.75, 3.05) is 0 Å². The van der Waals surface area contributed by atoms with Gasteiger partial charge >= 0.3 is 5.51 Å². The largest absolute Gasteiger partial charge is 0.461 e. The van der Waals surface area contributed by atoms with Crippen LogP contribution in [0.4, 0.5) is 13.2 Å². The number of nitrogens with two attached hydrogens (primary N) is 1. The lowest BCUT2D eigenvalue weighted by Gasteiger charge is -2.04. The molecule has 0 unspecified atom stereocenters. The summed E-state index contributed by atoms with van der Waals surface area (Å²) >= 11 is 3.63. The summed E-state index contributed by atoms with van der Waals surface area (Å²) in [7, 11) is 0. The first-order valence-electron chi connectivity index (χ1n) is 1.72. The Hall–Kier alpha value is -0.170. The van der Waals surface area contributed by atoms with Gasteiger partial charge in [-0.15, -0.1) is 0 Å². The van der Waals surface area contributed by atoms with Gasteiger partial charge in [0.25, 0.3) is 0 Å². The molecule has 7 heteroatoms. The molecule has 0 saturated carbocycles. The third-order valence-corrected chi connectivity index (χ3v) is 1.05. The molecule has 0 aliphatic heterocycles. The SMILES string of the molecule is NC(=S)NSC(F)(F)F. The Morgan fingerprint density at radius 2 is 2.00 bits per heavy atom. The van der Waals surface area contributed by atoms with Crippen molar-refractivity contribution in [3.8, 4) is 0 Å². The van der Waals surface area contributed by atoms with Crippen molar-refractivity contribution in [3.63, 3.8) is 0 Å². The van der Waals surface area contributed by atoms with Crippen molar-refractivity contribution < 1.29 is 13.2 Å². The lowest BCUT2D eigenvalue weighted by Crippen LogP contribution is -2.26. The molecule has 0 heterocycles. The summed E-state index contributed by atoms with van der Waals surface area (Å²) in [6.07, 6.45) is 0. The molecule has 0 spiro atoms. The van der Waals surface area contributed by atoms with E-state index in [1.807, 2.05) is 0 Å². The summed E-state index contributed by atoms with van der Waals surface area (Å²) in [5.41, 5.74) is 0.369. The van der Waals surface area contributed by atoms with Crippen LogP contribution in [0.3, 0.4) is 0 Å². The molecule has 0 aromatic rings. The highest BCUT2D eigenvalue weighted by Crippen LogP contribution is 2.26. The Balaban J connectivity index is 3.39. The second-order valence-electron chi connectivity index (χ2n) is 1.01. The van der Waals surface area contributed by atoms with Crippen molar-refractivity contribution in [2.24, 2.45) is 5.73 Å². The fourth-order valence-corrected chi connectivity index (χ4v) is 0.449. The highest BCUT2D eigenvalue weighted by atomic mass is 32.2. The summed E-state index contributed by atoms with van der Waals surface area (Å²) in [5, 5.41) is -0.377. The fourth-order valence-electron chi connectivity index (χ4n) is 0.108. The van der Waals surface area contributed by atoms with Gasteiger partial charge in [-0.2, -0.15) is 13.2 Å². The molecule has 2 nitrogen and oxygen atoms in total. The summed E-state index contributed by atoms with van der Waals surface area (Å²) < 4.78 is 35.3. The van der Waals surface area contributed by atoms with Crippen LogP contribution in [-0.4, -0.2) is 10.6 Å². The number of hydrogen-bond donors (Lipinski definition) is 2. The third-order valence-electron chi connectivity index (χ3n) is 0.267. The maximum Gasteiger partial charge on any atom is 0.461 e. The summed E-state index contributed by atoms with van der Waals surface area (Å²) in [6, 6.07) is 0. The maximum atomic E-state index is 11.2. The second kappa shape index (κ2) is 3.11. The van der Waals surface area contributed by atoms with Crippen molar-refractivity contribution >= 4 is 29.3 Å². The summed E-state index contributed by atoms with van der Waals surface area (Å²) in [5.74, 6) is 0. The standard InChI is InChI=1S/C2H3F3N2S2/c3-2(4,5)9-7-1(6)8/h(H3,6,7,8). The summed E-state index contributed by atoms with van der Waals surface area (Å²) in [6.45, 7) is 0. The third kappa shape index (κ3) is 7.83. The number of halogens is 3. The molecule has 0 bridgehead atoms. The highest BCUT2D eigenvalue weighted by Gasteiger charge is 2.28. The molecule has 0 fully saturated rings. The Morgan fingerprint density at radius 3 is 2.11 bits per heavy atom. The molecular weight excluding hydrogens is 173 g/mol. The van der Waals surface area contributed by atoms with Gasteiger partial charge in [0.15, 0.2) is 5.11 Å². The van der Waals surface area contributed by atoms with Gasteiger partial charge in [0.2, 0.25) is 0 Å². The molecular formula is C2H3F3N2S2. The van der Waals surface area contributed by atoms with Crippen molar-refractivity contribution in [1.82, 2.24) is 4.72 Å². The predicted molar refractivity (Wildman–Crippen MR) is 33.6 cm³/mol. The van der Waals surface area contributed by atoms with Crippen LogP contribution in [0.25, 0.3) is 0 Å². The first-order chi connectivity index (χ1) is 3.92. The van der Waals surface area contributed by atoms with Crippen LogP contribution in [-0.2, 0) is 0 Å². The van der Waals surface area contributed by atoms with Crippen LogP contribution in [0.2, 0.25) is 0 Å². The molecule has 54 valence electrons. The van der Waals surface area contributed by atoms with Gasteiger partial charge in [0, 0.05) is 0 Å². The number of rotatable bonds is 1. The lowest BCUT2D eigenvalue weighted by atomic mass is 11.3. The van der Waals surface area contributed by atoms with Crippen LogP contribution in [0.1, 0.15) is 0 Å². The Kier molecular flexibility index (Phi) is 3.06. The van der Waals surface area contributed by atoms with E-state index in [0.29, 0.717) is 0 Å². The minimum atomic E-state index is -4.33. The molecule has 0 aromatic carbocycles. The first-order valence-corrected chi connectivity index (χ1v) is 2.94. The Morgan fingerprint density at radius 1 is 1.56 bits per heavy atom. The molecule has 0 radical (unpaired) electrons. The molecule has 3 N–H and O–H groups in total. The number of thiocarbonyl (C=S) groups is 1. The van der Waals surface area contributed by atoms with E-state index < -0.39 is 17.5 Å². The molecule has 0 saturated heterocycles. The van der Waals surface area contributed by atoms with E-state index in [-0.39, 0.29) is 5.11 Å². The van der Waals surface area contributed by atoms with Gasteiger partial charge in [0.1, 0.15) is 0 Å². The smallest absolute Gasteiger partial charge is 0.376 e. The van der Waals surface area contributed by atoms with Crippen LogP contribution >= 0.6 is 24.2 Å². The zero-order chi connectivity index (χ0) is 7.49. The molecule has 0 atom stereocenters. The Labute approximate surface area is 59.1 Å². The molecule has 0 aromatic heterocycles. The molecule has 9 heavy (non-hydrogen) atoms. The van der Waals surface area contributed by atoms with Crippen LogP contribution < -0.4 is 10.5 Å². The second-order valence-corrected chi connectivity index (χ2v) is 2.33. The van der Waals surface area contributed by atoms with Crippen molar-refractivity contribution in [2.45, 2.75) is 5.51 Å². The zero-order valence-corrected chi connectivity index (χ0v) is 5.66. The Bertz CT molecular complexity index is 111. The molecule has 0 rings (SSSR count). The molecule has 0 aliphatic rings. The first kappa shape index (κ1) is 8.83. The predicted octanol–water partition coefficient (Wildman–Crippen LogP) is 0.988. The summed E-state index contributed by atoms with van der Waals surface area (Å²) in [4.78, 5) is 0. The molecule has 0 amide bonds. The van der Waals surface area contributed by atoms with E-state index in [1.165, 1.54) is 0 Å². The van der Waals surface area contributed by atoms with E-state index >= 15 is 0 Å². The minimum absolute atomic E-state index is 0.377. The van der Waals surface area contributed by atoms with E-state index in [1.54, 1.807) is 4.72 Å². The quantitative estimate of drug-likeness (QED) is 0.461. The maximum absolute atomic E-state index is 11.2. The van der Waals surface area contributed by atoms with Crippen LogP contribution in [0.5, 0.6) is 0 Å². The monoisotopic (exact) mass is 176 g/mol. The lowest BCUT2D eigenvalue weighted by molar-refractivity contribution is -0.0332. The average Bonchev–Trinajstić information content (AvgIpc) is 1.59. The minimum Gasteiger partial charge on any atom is -0.376 e. The van der Waals surface area contributed by atoms with Gasteiger partial charge in [-0.05, 0) is 12.2 Å². The molecule has 0 aliphatic carbocycles. The van der Waals surface area contributed by atoms with E-state index in [0.717, 1.165) is 0 Å². The van der Waals surface area contributed by atoms with Crippen LogP contribution in [0, 0.1) is 0 Å². The highest BCUT2D eigenvalue weighted by molar-refractivity contribution is 7.99. The van der Waals surface area contributed by atoms with E-state index in [2.05, 4.69) is 12.2 Å². The van der Waals surface area contributed by atoms with E-state index in [4.69, 9.17) is 5.73 Å².